The second-order valence-corrected chi connectivity index (χ2v) is 10.1. The molecular weight excluding hydrogens is 507 g/mol. The van der Waals surface area contributed by atoms with Gasteiger partial charge in [-0.05, 0) is 61.7 Å². The van der Waals surface area contributed by atoms with Crippen LogP contribution in [0.5, 0.6) is 5.75 Å². The molecular formula is C25H28Cl2N4O3S. The highest BCUT2D eigenvalue weighted by Gasteiger charge is 2.25. The average molecular weight is 535 g/mol. The number of Topliss-reactive ketones (excluding diaryl/α,β-unsaturated/α-hetero) is 1. The smallest absolute Gasteiger partial charge is 0.253 e. The van der Waals surface area contributed by atoms with E-state index in [0.29, 0.717) is 45.8 Å². The maximum atomic E-state index is 13.0. The molecule has 35 heavy (non-hydrogen) atoms. The fraction of sp³-hybridized carbons (Fsp3) is 0.360. The Hall–Kier alpha value is -2.55. The number of ether oxygens (including phenoxy) is 1. The van der Waals surface area contributed by atoms with Crippen LogP contribution < -0.4 is 10.1 Å². The number of carbonyl (C=O) groups excluding carboxylic acids is 2. The summed E-state index contributed by atoms with van der Waals surface area (Å²) in [5.74, 6) is 1.50. The highest BCUT2D eigenvalue weighted by Crippen LogP contribution is 2.27. The molecule has 7 nitrogen and oxygen atoms in total. The van der Waals surface area contributed by atoms with Gasteiger partial charge in [0.1, 0.15) is 5.75 Å². The van der Waals surface area contributed by atoms with Crippen molar-refractivity contribution in [3.8, 4) is 5.75 Å². The molecule has 0 radical (unpaired) electrons. The van der Waals surface area contributed by atoms with Crippen LogP contribution in [0.25, 0.3) is 0 Å². The quantitative estimate of drug-likeness (QED) is 0.236. The number of rotatable bonds is 11. The van der Waals surface area contributed by atoms with E-state index in [9.17, 15) is 9.59 Å². The highest BCUT2D eigenvalue weighted by atomic mass is 35.5. The van der Waals surface area contributed by atoms with Gasteiger partial charge in [-0.15, -0.1) is 10.2 Å². The van der Waals surface area contributed by atoms with Crippen LogP contribution in [0.4, 0.5) is 0 Å². The highest BCUT2D eigenvalue weighted by molar-refractivity contribution is 7.99. The minimum Gasteiger partial charge on any atom is -0.497 e. The summed E-state index contributed by atoms with van der Waals surface area (Å²) in [6.07, 6.45) is 0.657. The molecule has 0 aliphatic heterocycles. The fourth-order valence-electron chi connectivity index (χ4n) is 3.56. The van der Waals surface area contributed by atoms with E-state index in [2.05, 4.69) is 29.4 Å². The molecule has 0 aliphatic carbocycles. The maximum absolute atomic E-state index is 13.0. The number of carbonyl (C=O) groups is 2. The number of nitrogens with zero attached hydrogens (tertiary/aromatic N) is 3. The Morgan fingerprint density at radius 2 is 1.83 bits per heavy atom. The van der Waals surface area contributed by atoms with E-state index in [1.165, 1.54) is 11.8 Å². The van der Waals surface area contributed by atoms with Crippen molar-refractivity contribution in [2.75, 3.05) is 12.9 Å². The summed E-state index contributed by atoms with van der Waals surface area (Å²) in [5, 5.41) is 13.1. The van der Waals surface area contributed by atoms with Crippen molar-refractivity contribution in [2.24, 2.45) is 5.92 Å². The van der Waals surface area contributed by atoms with Gasteiger partial charge in [-0.3, -0.25) is 9.59 Å². The summed E-state index contributed by atoms with van der Waals surface area (Å²) < 4.78 is 7.08. The predicted octanol–water partition coefficient (Wildman–Crippen LogP) is 6.11. The largest absolute Gasteiger partial charge is 0.497 e. The molecule has 186 valence electrons. The molecule has 1 aromatic heterocycles. The van der Waals surface area contributed by atoms with E-state index < -0.39 is 0 Å². The molecule has 0 fully saturated rings. The topological polar surface area (TPSA) is 86.1 Å². The van der Waals surface area contributed by atoms with Crippen molar-refractivity contribution in [1.29, 1.82) is 0 Å². The van der Waals surface area contributed by atoms with Gasteiger partial charge in [-0.2, -0.15) is 0 Å². The van der Waals surface area contributed by atoms with Crippen molar-refractivity contribution in [2.45, 2.75) is 44.9 Å². The van der Waals surface area contributed by atoms with E-state index in [0.717, 1.165) is 0 Å². The maximum Gasteiger partial charge on any atom is 0.253 e. The number of amides is 1. The van der Waals surface area contributed by atoms with Gasteiger partial charge >= 0.3 is 0 Å². The SMILES string of the molecule is CCn1c(SCC(=O)c2ccc(OC)cc2)nnc1[C@@H](CC(C)C)NC(=O)c1ccc(Cl)cc1Cl. The third kappa shape index (κ3) is 6.99. The first-order chi connectivity index (χ1) is 16.7. The lowest BCUT2D eigenvalue weighted by molar-refractivity contribution is 0.0928. The molecule has 0 spiro atoms. The average Bonchev–Trinajstić information content (AvgIpc) is 3.24. The molecule has 1 N–H and O–H groups in total. The van der Waals surface area contributed by atoms with Crippen LogP contribution in [0.3, 0.4) is 0 Å². The summed E-state index contributed by atoms with van der Waals surface area (Å²) in [6, 6.07) is 11.4. The van der Waals surface area contributed by atoms with Crippen molar-refractivity contribution in [1.82, 2.24) is 20.1 Å². The van der Waals surface area contributed by atoms with E-state index in [4.69, 9.17) is 27.9 Å². The summed E-state index contributed by atoms with van der Waals surface area (Å²) >= 11 is 13.5. The third-order valence-corrected chi connectivity index (χ3v) is 6.82. The van der Waals surface area contributed by atoms with Crippen molar-refractivity contribution < 1.29 is 14.3 Å². The van der Waals surface area contributed by atoms with Gasteiger partial charge in [-0.25, -0.2) is 0 Å². The van der Waals surface area contributed by atoms with Crippen molar-refractivity contribution in [3.63, 3.8) is 0 Å². The molecule has 1 heterocycles. The Labute approximate surface area is 219 Å². The summed E-state index contributed by atoms with van der Waals surface area (Å²) in [6.45, 7) is 6.72. The summed E-state index contributed by atoms with van der Waals surface area (Å²) in [5.41, 5.74) is 0.943. The second kappa shape index (κ2) is 12.4. The molecule has 3 rings (SSSR count). The Bertz CT molecular complexity index is 1180. The molecule has 0 saturated heterocycles. The van der Waals surface area contributed by atoms with Crippen LogP contribution in [0, 0.1) is 5.92 Å². The Balaban J connectivity index is 1.78. The minimum absolute atomic E-state index is 0.0192. The molecule has 3 aromatic rings. The first-order valence-corrected chi connectivity index (χ1v) is 13.0. The van der Waals surface area contributed by atoms with Gasteiger partial charge in [0.2, 0.25) is 0 Å². The lowest BCUT2D eigenvalue weighted by atomic mass is 10.0. The standard InChI is InChI=1S/C25H28Cl2N4O3S/c1-5-31-23(21(12-15(2)3)28-24(33)19-11-8-17(26)13-20(19)27)29-30-25(31)35-14-22(32)16-6-9-18(34-4)10-7-16/h6-11,13,15,21H,5,12,14H2,1-4H3,(H,28,33)/t21-/m1/s1. The van der Waals surface area contributed by atoms with E-state index in [-0.39, 0.29) is 34.4 Å². The predicted molar refractivity (Wildman–Crippen MR) is 140 cm³/mol. The Kier molecular flexibility index (Phi) is 9.60. The van der Waals surface area contributed by atoms with Crippen LogP contribution in [-0.2, 0) is 6.54 Å². The molecule has 10 heteroatoms. The van der Waals surface area contributed by atoms with Crippen LogP contribution in [-0.4, -0.2) is 39.3 Å². The third-order valence-electron chi connectivity index (χ3n) is 5.31. The zero-order valence-corrected chi connectivity index (χ0v) is 22.4. The number of hydrogen-bond acceptors (Lipinski definition) is 6. The number of aromatic nitrogens is 3. The van der Waals surface area contributed by atoms with Crippen LogP contribution >= 0.6 is 35.0 Å². The number of halogens is 2. The van der Waals surface area contributed by atoms with Crippen LogP contribution in [0.15, 0.2) is 47.6 Å². The lowest BCUT2D eigenvalue weighted by Crippen LogP contribution is -2.31. The van der Waals surface area contributed by atoms with Gasteiger partial charge in [0.25, 0.3) is 5.91 Å². The zero-order chi connectivity index (χ0) is 25.5. The number of ketones is 1. The molecule has 1 atom stereocenters. The number of methoxy groups -OCH3 is 1. The van der Waals surface area contributed by atoms with Gasteiger partial charge in [0.05, 0.1) is 29.5 Å². The molecule has 2 aromatic carbocycles. The van der Waals surface area contributed by atoms with Crippen molar-refractivity contribution >= 4 is 46.7 Å². The Morgan fingerprint density at radius 1 is 1.11 bits per heavy atom. The zero-order valence-electron chi connectivity index (χ0n) is 20.0. The summed E-state index contributed by atoms with van der Waals surface area (Å²) in [7, 11) is 1.58. The first kappa shape index (κ1) is 27.0. The lowest BCUT2D eigenvalue weighted by Gasteiger charge is -2.21. The minimum atomic E-state index is -0.381. The van der Waals surface area contributed by atoms with Crippen LogP contribution in [0.2, 0.25) is 10.0 Å². The molecule has 0 aliphatic rings. The number of thioether (sulfide) groups is 1. The summed E-state index contributed by atoms with van der Waals surface area (Å²) in [4.78, 5) is 25.7. The molecule has 1 amide bonds. The van der Waals surface area contributed by atoms with E-state index in [1.54, 1.807) is 49.6 Å². The van der Waals surface area contributed by atoms with Gasteiger partial charge < -0.3 is 14.6 Å². The normalized spacial score (nSPS) is 12.0. The number of hydrogen-bond donors (Lipinski definition) is 1. The molecule has 0 saturated carbocycles. The molecule has 0 bridgehead atoms. The van der Waals surface area contributed by atoms with E-state index >= 15 is 0 Å². The first-order valence-electron chi connectivity index (χ1n) is 11.2. The van der Waals surface area contributed by atoms with Crippen molar-refractivity contribution in [3.05, 3.63) is 69.5 Å². The number of nitrogens with one attached hydrogen (secondary N) is 1. The fourth-order valence-corrected chi connectivity index (χ4v) is 4.96. The molecule has 0 unspecified atom stereocenters. The Morgan fingerprint density at radius 3 is 2.43 bits per heavy atom. The second-order valence-electron chi connectivity index (χ2n) is 8.31. The van der Waals surface area contributed by atoms with Gasteiger partial charge in [0.15, 0.2) is 16.8 Å². The number of benzene rings is 2. The van der Waals surface area contributed by atoms with Crippen LogP contribution in [0.1, 0.15) is 59.8 Å². The van der Waals surface area contributed by atoms with Gasteiger partial charge in [-0.1, -0.05) is 48.8 Å². The monoisotopic (exact) mass is 534 g/mol. The van der Waals surface area contributed by atoms with Gasteiger partial charge in [0, 0.05) is 17.1 Å². The van der Waals surface area contributed by atoms with E-state index in [1.807, 2.05) is 11.5 Å².